The fourth-order valence-corrected chi connectivity index (χ4v) is 8.01. The molecule has 3 unspecified atom stereocenters. The number of fused-ring (bicyclic) bond motifs is 4. The number of methoxy groups -OCH3 is 1. The topological polar surface area (TPSA) is 142 Å². The molecule has 5 aromatic heterocycles. The quantitative estimate of drug-likeness (QED) is 0.237. The first-order valence-electron chi connectivity index (χ1n) is 16.7. The normalized spacial score (nSPS) is 21.7. The number of rotatable bonds is 8. The maximum absolute atomic E-state index is 14.1. The van der Waals surface area contributed by atoms with Gasteiger partial charge in [-0.25, -0.2) is 24.0 Å². The molecule has 1 aromatic carbocycles. The fraction of sp³-hybridized carbons (Fsp3) is 0.343. The first-order chi connectivity index (χ1) is 23.7. The molecule has 6 aromatic rings. The van der Waals surface area contributed by atoms with E-state index >= 15 is 0 Å². The zero-order valence-electron chi connectivity index (χ0n) is 27.3. The summed E-state index contributed by atoms with van der Waals surface area (Å²) < 4.78 is 25.8. The van der Waals surface area contributed by atoms with Crippen molar-refractivity contribution in [2.75, 3.05) is 13.7 Å². The molecule has 0 radical (unpaired) electrons. The number of benzene rings is 1. The molecule has 12 nitrogen and oxygen atoms in total. The maximum Gasteiger partial charge on any atom is 0.254 e. The van der Waals surface area contributed by atoms with Gasteiger partial charge in [0.1, 0.15) is 36.3 Å². The molecule has 3 aliphatic rings. The van der Waals surface area contributed by atoms with E-state index in [2.05, 4.69) is 39.2 Å². The molecule has 1 amide bonds. The fourth-order valence-electron chi connectivity index (χ4n) is 8.01. The zero-order chi connectivity index (χ0) is 33.6. The van der Waals surface area contributed by atoms with Crippen LogP contribution in [0.5, 0.6) is 11.6 Å². The number of aromatic hydroxyl groups is 1. The average molecular weight is 660 g/mol. The van der Waals surface area contributed by atoms with Gasteiger partial charge in [0.05, 0.1) is 37.3 Å². The second-order valence-corrected chi connectivity index (χ2v) is 14.0. The third-order valence-electron chi connectivity index (χ3n) is 10.8. The van der Waals surface area contributed by atoms with Gasteiger partial charge in [0.15, 0.2) is 5.82 Å². The molecule has 6 heterocycles. The Labute approximate surface area is 281 Å². The lowest BCUT2D eigenvalue weighted by atomic mass is 9.71. The Morgan fingerprint density at radius 3 is 2.76 bits per heavy atom. The molecular formula is C35H35BFN9O3. The molecule has 3 N–H and O–H groups in total. The second kappa shape index (κ2) is 10.9. The number of pyridine rings is 2. The highest BCUT2D eigenvalue weighted by molar-refractivity contribution is 6.17. The van der Waals surface area contributed by atoms with Crippen molar-refractivity contribution >= 4 is 35.8 Å². The van der Waals surface area contributed by atoms with E-state index in [9.17, 15) is 14.3 Å². The minimum atomic E-state index is -0.585. The highest BCUT2D eigenvalue weighted by Gasteiger charge is 2.54. The average Bonchev–Trinajstić information content (AvgIpc) is 3.34. The predicted molar refractivity (Wildman–Crippen MR) is 183 cm³/mol. The van der Waals surface area contributed by atoms with Crippen molar-refractivity contribution in [3.63, 3.8) is 0 Å². The minimum absolute atomic E-state index is 0.00490. The maximum atomic E-state index is 14.1. The summed E-state index contributed by atoms with van der Waals surface area (Å²) in [5.74, 6) is 1.07. The first-order valence-corrected chi connectivity index (χ1v) is 16.7. The smallest absolute Gasteiger partial charge is 0.254 e. The minimum Gasteiger partial charge on any atom is -0.494 e. The van der Waals surface area contributed by atoms with Crippen LogP contribution in [-0.4, -0.2) is 82.8 Å². The third-order valence-corrected chi connectivity index (χ3v) is 10.8. The highest BCUT2D eigenvalue weighted by Crippen LogP contribution is 2.44. The van der Waals surface area contributed by atoms with E-state index in [1.807, 2.05) is 23.2 Å². The largest absolute Gasteiger partial charge is 0.494 e. The van der Waals surface area contributed by atoms with Crippen molar-refractivity contribution in [3.8, 4) is 28.8 Å². The standard InChI is InChI=1S/C35H35BFN9O3/c1-49-28-11-22(34(48)44-18-23-6-7-29(44)35(23,36)38)9-25-30(28)45(16-20-13-41-46(17-20)27-12-24(37)14-40-33(27)47)32(42-25)26-10-21-3-2-8-39-31(21)43(26)15-19-4-5-19/h2-3,8-14,17,19,23,29H,4-7,15-16,18,36,38H2,1H3,(H,40,47). The molecule has 3 fully saturated rings. The first kappa shape index (κ1) is 29.9. The van der Waals surface area contributed by atoms with E-state index in [0.717, 1.165) is 53.4 Å². The number of carbonyl (C=O) groups excluding carboxylic acids is 1. The molecule has 14 heteroatoms. The van der Waals surface area contributed by atoms with Gasteiger partial charge >= 0.3 is 0 Å². The number of nitrogens with two attached hydrogens (primary N) is 1. The number of imidazole rings is 1. The van der Waals surface area contributed by atoms with E-state index in [4.69, 9.17) is 20.4 Å². The number of nitrogens with zero attached hydrogens (tertiary/aromatic N) is 8. The molecule has 2 saturated carbocycles. The van der Waals surface area contributed by atoms with Gasteiger partial charge in [0.2, 0.25) is 5.88 Å². The Kier molecular flexibility index (Phi) is 6.64. The summed E-state index contributed by atoms with van der Waals surface area (Å²) >= 11 is 0. The van der Waals surface area contributed by atoms with Crippen LogP contribution in [0.15, 0.2) is 61.2 Å². The van der Waals surface area contributed by atoms with Gasteiger partial charge in [-0.05, 0) is 67.9 Å². The summed E-state index contributed by atoms with van der Waals surface area (Å²) in [7, 11) is 3.66. The number of aromatic nitrogens is 7. The van der Waals surface area contributed by atoms with Crippen molar-refractivity contribution in [1.82, 2.24) is 38.8 Å². The van der Waals surface area contributed by atoms with E-state index in [0.29, 0.717) is 41.7 Å². The van der Waals surface area contributed by atoms with Crippen molar-refractivity contribution in [2.45, 2.75) is 50.3 Å². The van der Waals surface area contributed by atoms with Crippen LogP contribution in [-0.2, 0) is 13.1 Å². The molecule has 2 aliphatic carbocycles. The number of ether oxygens (including phenoxy) is 1. The van der Waals surface area contributed by atoms with Crippen LogP contribution in [0.1, 0.15) is 41.6 Å². The van der Waals surface area contributed by atoms with Gasteiger partial charge in [-0.1, -0.05) is 0 Å². The third kappa shape index (κ3) is 4.79. The summed E-state index contributed by atoms with van der Waals surface area (Å²) in [6.07, 6.45) is 10.4. The molecule has 3 atom stereocenters. The molecule has 9 rings (SSSR count). The lowest BCUT2D eigenvalue weighted by molar-refractivity contribution is 0.0697. The van der Waals surface area contributed by atoms with Crippen LogP contribution in [0.3, 0.4) is 0 Å². The molecule has 0 spiro atoms. The summed E-state index contributed by atoms with van der Waals surface area (Å²) in [6, 6.07) is 10.9. The van der Waals surface area contributed by atoms with Crippen LogP contribution in [0, 0.1) is 17.7 Å². The lowest BCUT2D eigenvalue weighted by Crippen LogP contribution is -2.52. The number of likely N-dealkylation sites (tertiary alicyclic amines) is 1. The van der Waals surface area contributed by atoms with E-state index in [-0.39, 0.29) is 29.4 Å². The van der Waals surface area contributed by atoms with E-state index < -0.39 is 11.3 Å². The zero-order valence-corrected chi connectivity index (χ0v) is 27.3. The van der Waals surface area contributed by atoms with Gasteiger partial charge in [0.25, 0.3) is 5.91 Å². The summed E-state index contributed by atoms with van der Waals surface area (Å²) in [5, 5.41) is 15.8. The van der Waals surface area contributed by atoms with Crippen molar-refractivity contribution in [3.05, 3.63) is 78.1 Å². The van der Waals surface area contributed by atoms with Crippen molar-refractivity contribution in [1.29, 1.82) is 0 Å². The van der Waals surface area contributed by atoms with Crippen LogP contribution >= 0.6 is 0 Å². The predicted octanol–water partition coefficient (Wildman–Crippen LogP) is 3.47. The van der Waals surface area contributed by atoms with Gasteiger partial charge in [-0.15, -0.1) is 0 Å². The van der Waals surface area contributed by atoms with Gasteiger partial charge < -0.3 is 29.6 Å². The van der Waals surface area contributed by atoms with E-state index in [1.54, 1.807) is 25.6 Å². The number of carbonyl (C=O) groups is 1. The van der Waals surface area contributed by atoms with Crippen LogP contribution in [0.4, 0.5) is 4.39 Å². The van der Waals surface area contributed by atoms with Crippen molar-refractivity contribution in [2.24, 2.45) is 17.6 Å². The summed E-state index contributed by atoms with van der Waals surface area (Å²) in [5.41, 5.74) is 10.8. The second-order valence-electron chi connectivity index (χ2n) is 14.0. The monoisotopic (exact) mass is 659 g/mol. The van der Waals surface area contributed by atoms with Crippen molar-refractivity contribution < 1.29 is 19.0 Å². The van der Waals surface area contributed by atoms with Gasteiger partial charge in [0, 0.05) is 59.5 Å². The highest BCUT2D eigenvalue weighted by atomic mass is 19.1. The molecule has 1 aliphatic heterocycles. The summed E-state index contributed by atoms with van der Waals surface area (Å²) in [6.45, 7) is 1.78. The van der Waals surface area contributed by atoms with Crippen LogP contribution in [0.2, 0.25) is 0 Å². The summed E-state index contributed by atoms with van der Waals surface area (Å²) in [4.78, 5) is 29.7. The molecule has 49 heavy (non-hydrogen) atoms. The molecule has 248 valence electrons. The number of hydrogen-bond donors (Lipinski definition) is 2. The van der Waals surface area contributed by atoms with E-state index in [1.165, 1.54) is 23.6 Å². The Balaban J connectivity index is 1.20. The van der Waals surface area contributed by atoms with Crippen LogP contribution in [0.25, 0.3) is 39.3 Å². The Bertz CT molecular complexity index is 2290. The number of halogens is 1. The Morgan fingerprint density at radius 2 is 2.00 bits per heavy atom. The number of hydrogen-bond acceptors (Lipinski definition) is 8. The SMILES string of the molecule is BC1(N)C2CCC1N(C(=O)c1cc(OC)c3c(c1)nc(-c1cc4cccnc4n1CC1CC1)n3Cc1cnn(-c3cc(F)cnc3O)c1)C2. The van der Waals surface area contributed by atoms with Gasteiger partial charge in [-0.2, -0.15) is 5.10 Å². The molecular weight excluding hydrogens is 624 g/mol. The Hall–Kier alpha value is -5.24. The Morgan fingerprint density at radius 1 is 1.14 bits per heavy atom. The van der Waals surface area contributed by atoms with Gasteiger partial charge in [-0.3, -0.25) is 4.79 Å². The number of piperidine rings is 1. The van der Waals surface area contributed by atoms with Crippen LogP contribution < -0.4 is 10.5 Å². The molecule has 2 bridgehead atoms. The molecule has 1 saturated heterocycles. The lowest BCUT2D eigenvalue weighted by Gasteiger charge is -2.30. The number of amides is 1.